The van der Waals surface area contributed by atoms with Crippen LogP contribution in [-0.2, 0) is 0 Å². The lowest BCUT2D eigenvalue weighted by Crippen LogP contribution is -2.13. The molecule has 0 spiro atoms. The Morgan fingerprint density at radius 1 is 1.22 bits per heavy atom. The third-order valence-electron chi connectivity index (χ3n) is 2.16. The number of benzene rings is 1. The predicted octanol–water partition coefficient (Wildman–Crippen LogP) is 4.25. The van der Waals surface area contributed by atoms with Crippen LogP contribution >= 0.6 is 45.8 Å². The monoisotopic (exact) mass is 392 g/mol. The molecule has 0 unspecified atom stereocenters. The highest BCUT2D eigenvalue weighted by molar-refractivity contribution is 14.1. The van der Waals surface area contributed by atoms with Gasteiger partial charge in [0.1, 0.15) is 5.15 Å². The van der Waals surface area contributed by atoms with Crippen LogP contribution in [0.25, 0.3) is 0 Å². The quantitative estimate of drug-likeness (QED) is 0.613. The minimum absolute atomic E-state index is 0.232. The van der Waals surface area contributed by atoms with Crippen molar-refractivity contribution in [2.45, 2.75) is 0 Å². The zero-order valence-electron chi connectivity index (χ0n) is 8.95. The van der Waals surface area contributed by atoms with Crippen LogP contribution in [0.15, 0.2) is 36.5 Å². The molecular weight excluding hydrogens is 386 g/mol. The van der Waals surface area contributed by atoms with Crippen molar-refractivity contribution in [3.05, 3.63) is 55.8 Å². The molecule has 0 fully saturated rings. The number of anilines is 1. The Labute approximate surface area is 128 Å². The highest BCUT2D eigenvalue weighted by Crippen LogP contribution is 2.20. The topological polar surface area (TPSA) is 42.0 Å². The first-order valence-corrected chi connectivity index (χ1v) is 6.77. The Hall–Kier alpha value is -0.850. The SMILES string of the molecule is O=C(Nc1ccnc(Cl)c1)c1cc(Cl)ccc1I. The Morgan fingerprint density at radius 2 is 2.00 bits per heavy atom. The number of rotatable bonds is 2. The Bertz CT molecular complexity index is 604. The van der Waals surface area contributed by atoms with E-state index in [1.54, 1.807) is 30.3 Å². The first kappa shape index (κ1) is 13.6. The maximum Gasteiger partial charge on any atom is 0.256 e. The van der Waals surface area contributed by atoms with Gasteiger partial charge in [-0.3, -0.25) is 4.79 Å². The van der Waals surface area contributed by atoms with Crippen LogP contribution in [-0.4, -0.2) is 10.9 Å². The van der Waals surface area contributed by atoms with Crippen LogP contribution in [0.5, 0.6) is 0 Å². The summed E-state index contributed by atoms with van der Waals surface area (Å²) >= 11 is 13.7. The van der Waals surface area contributed by atoms with E-state index in [2.05, 4.69) is 32.9 Å². The lowest BCUT2D eigenvalue weighted by atomic mass is 10.2. The zero-order chi connectivity index (χ0) is 13.1. The van der Waals surface area contributed by atoms with Gasteiger partial charge in [0.05, 0.1) is 5.56 Å². The summed E-state index contributed by atoms with van der Waals surface area (Å²) in [5, 5.41) is 3.59. The number of hydrogen-bond donors (Lipinski definition) is 1. The summed E-state index contributed by atoms with van der Waals surface area (Å²) in [4.78, 5) is 15.9. The number of hydrogen-bond acceptors (Lipinski definition) is 2. The lowest BCUT2D eigenvalue weighted by Gasteiger charge is -2.07. The van der Waals surface area contributed by atoms with Crippen molar-refractivity contribution < 1.29 is 4.79 Å². The van der Waals surface area contributed by atoms with E-state index in [0.29, 0.717) is 21.4 Å². The van der Waals surface area contributed by atoms with E-state index in [1.165, 1.54) is 6.20 Å². The molecule has 0 radical (unpaired) electrons. The van der Waals surface area contributed by atoms with Crippen molar-refractivity contribution in [1.29, 1.82) is 0 Å². The highest BCUT2D eigenvalue weighted by Gasteiger charge is 2.11. The molecule has 0 atom stereocenters. The van der Waals surface area contributed by atoms with E-state index in [0.717, 1.165) is 3.57 Å². The molecule has 0 bridgehead atoms. The van der Waals surface area contributed by atoms with Crippen LogP contribution in [0.1, 0.15) is 10.4 Å². The highest BCUT2D eigenvalue weighted by atomic mass is 127. The Balaban J connectivity index is 2.24. The normalized spacial score (nSPS) is 10.2. The molecule has 92 valence electrons. The van der Waals surface area contributed by atoms with Crippen molar-refractivity contribution in [2.75, 3.05) is 5.32 Å². The zero-order valence-corrected chi connectivity index (χ0v) is 12.6. The molecule has 0 aliphatic rings. The third-order valence-corrected chi connectivity index (χ3v) is 3.54. The number of nitrogens with one attached hydrogen (secondary N) is 1. The summed E-state index contributed by atoms with van der Waals surface area (Å²) < 4.78 is 0.828. The van der Waals surface area contributed by atoms with Gasteiger partial charge in [0, 0.05) is 20.5 Å². The summed E-state index contributed by atoms with van der Waals surface area (Å²) in [5.74, 6) is -0.232. The van der Waals surface area contributed by atoms with Gasteiger partial charge in [-0.25, -0.2) is 4.98 Å². The van der Waals surface area contributed by atoms with Crippen LogP contribution < -0.4 is 5.32 Å². The van der Waals surface area contributed by atoms with Crippen molar-refractivity contribution in [3.63, 3.8) is 0 Å². The number of aromatic nitrogens is 1. The fourth-order valence-corrected chi connectivity index (χ4v) is 2.28. The first-order valence-electron chi connectivity index (χ1n) is 4.94. The van der Waals surface area contributed by atoms with Crippen molar-refractivity contribution in [2.24, 2.45) is 0 Å². The van der Waals surface area contributed by atoms with Gasteiger partial charge in [0.2, 0.25) is 0 Å². The fraction of sp³-hybridized carbons (Fsp3) is 0. The predicted molar refractivity (Wildman–Crippen MR) is 81.4 cm³/mol. The number of pyridine rings is 1. The third kappa shape index (κ3) is 3.34. The maximum absolute atomic E-state index is 12.1. The smallest absolute Gasteiger partial charge is 0.256 e. The van der Waals surface area contributed by atoms with E-state index < -0.39 is 0 Å². The Kier molecular flexibility index (Phi) is 4.42. The van der Waals surface area contributed by atoms with Crippen LogP contribution in [0.4, 0.5) is 5.69 Å². The van der Waals surface area contributed by atoms with Crippen molar-refractivity contribution in [1.82, 2.24) is 4.98 Å². The van der Waals surface area contributed by atoms with Gasteiger partial charge in [-0.1, -0.05) is 23.2 Å². The van der Waals surface area contributed by atoms with Crippen molar-refractivity contribution >= 4 is 57.4 Å². The molecule has 2 rings (SSSR count). The van der Waals surface area contributed by atoms with Gasteiger partial charge in [0.15, 0.2) is 0 Å². The molecule has 0 saturated carbocycles. The maximum atomic E-state index is 12.1. The van der Waals surface area contributed by atoms with E-state index in [9.17, 15) is 4.79 Å². The molecular formula is C12H7Cl2IN2O. The van der Waals surface area contributed by atoms with Gasteiger partial charge >= 0.3 is 0 Å². The standard InChI is InChI=1S/C12H7Cl2IN2O/c13-7-1-2-10(15)9(5-7)12(18)17-8-3-4-16-11(14)6-8/h1-6H,(H,16,17,18). The summed E-state index contributed by atoms with van der Waals surface area (Å²) in [5.41, 5.74) is 1.12. The molecule has 1 aromatic heterocycles. The van der Waals surface area contributed by atoms with Crippen LogP contribution in [0.2, 0.25) is 10.2 Å². The van der Waals surface area contributed by atoms with Gasteiger partial charge in [-0.2, -0.15) is 0 Å². The summed E-state index contributed by atoms with van der Waals surface area (Å²) in [6.45, 7) is 0. The molecule has 1 heterocycles. The minimum atomic E-state index is -0.232. The molecule has 6 heteroatoms. The lowest BCUT2D eigenvalue weighted by molar-refractivity contribution is 0.102. The van der Waals surface area contributed by atoms with Gasteiger partial charge in [0.25, 0.3) is 5.91 Å². The molecule has 0 saturated heterocycles. The molecule has 0 aliphatic carbocycles. The second-order valence-corrected chi connectivity index (χ2v) is 5.43. The van der Waals surface area contributed by atoms with E-state index in [-0.39, 0.29) is 5.91 Å². The molecule has 1 N–H and O–H groups in total. The number of halogens is 3. The molecule has 1 aromatic carbocycles. The van der Waals surface area contributed by atoms with Crippen LogP contribution in [0.3, 0.4) is 0 Å². The van der Waals surface area contributed by atoms with E-state index >= 15 is 0 Å². The Morgan fingerprint density at radius 3 is 2.72 bits per heavy atom. The first-order chi connectivity index (χ1) is 8.56. The van der Waals surface area contributed by atoms with E-state index in [4.69, 9.17) is 23.2 Å². The number of nitrogens with zero attached hydrogens (tertiary/aromatic N) is 1. The van der Waals surface area contributed by atoms with E-state index in [1.807, 2.05) is 0 Å². The van der Waals surface area contributed by atoms with Gasteiger partial charge in [-0.15, -0.1) is 0 Å². The molecule has 3 nitrogen and oxygen atoms in total. The van der Waals surface area contributed by atoms with Crippen LogP contribution in [0, 0.1) is 3.57 Å². The fourth-order valence-electron chi connectivity index (χ4n) is 1.35. The summed E-state index contributed by atoms with van der Waals surface area (Å²) in [6.07, 6.45) is 1.53. The summed E-state index contributed by atoms with van der Waals surface area (Å²) in [7, 11) is 0. The van der Waals surface area contributed by atoms with Gasteiger partial charge < -0.3 is 5.32 Å². The average molecular weight is 393 g/mol. The molecule has 1 amide bonds. The minimum Gasteiger partial charge on any atom is -0.322 e. The second kappa shape index (κ2) is 5.86. The number of carbonyl (C=O) groups excluding carboxylic acids is 1. The molecule has 0 aliphatic heterocycles. The number of amides is 1. The molecule has 18 heavy (non-hydrogen) atoms. The van der Waals surface area contributed by atoms with Crippen molar-refractivity contribution in [3.8, 4) is 0 Å². The van der Waals surface area contributed by atoms with Gasteiger partial charge in [-0.05, 0) is 52.9 Å². The second-order valence-electron chi connectivity index (χ2n) is 3.45. The largest absolute Gasteiger partial charge is 0.322 e. The summed E-state index contributed by atoms with van der Waals surface area (Å²) in [6, 6.07) is 8.40. The number of carbonyl (C=O) groups is 1. The average Bonchev–Trinajstić information content (AvgIpc) is 2.32. The molecule has 2 aromatic rings.